The normalized spacial score (nSPS) is 18.7. The van der Waals surface area contributed by atoms with Crippen LogP contribution >= 0.6 is 0 Å². The molecule has 2 heterocycles. The molecule has 0 atom stereocenters. The van der Waals surface area contributed by atoms with Gasteiger partial charge in [0.05, 0.1) is 6.54 Å². The Morgan fingerprint density at radius 3 is 2.76 bits per heavy atom. The Hall–Kier alpha value is -1.45. The molecule has 0 bridgehead atoms. The third-order valence-electron chi connectivity index (χ3n) is 3.56. The SMILES string of the molecule is CC1CCN(C(N)=NCc2cccn2C)CC1. The predicted octanol–water partition coefficient (Wildman–Crippen LogP) is 1.57. The van der Waals surface area contributed by atoms with Gasteiger partial charge in [0.25, 0.3) is 0 Å². The zero-order valence-electron chi connectivity index (χ0n) is 10.8. The van der Waals surface area contributed by atoms with Crippen molar-refractivity contribution in [3.63, 3.8) is 0 Å². The van der Waals surface area contributed by atoms with Gasteiger partial charge in [-0.15, -0.1) is 0 Å². The van der Waals surface area contributed by atoms with E-state index in [0.717, 1.165) is 19.0 Å². The van der Waals surface area contributed by atoms with Gasteiger partial charge in [-0.1, -0.05) is 6.92 Å². The first kappa shape index (κ1) is 12.0. The zero-order chi connectivity index (χ0) is 12.3. The van der Waals surface area contributed by atoms with Crippen molar-refractivity contribution < 1.29 is 0 Å². The summed E-state index contributed by atoms with van der Waals surface area (Å²) in [6, 6.07) is 4.11. The molecule has 1 saturated heterocycles. The van der Waals surface area contributed by atoms with E-state index in [9.17, 15) is 0 Å². The average Bonchev–Trinajstić information content (AvgIpc) is 2.73. The predicted molar refractivity (Wildman–Crippen MR) is 70.7 cm³/mol. The topological polar surface area (TPSA) is 46.5 Å². The van der Waals surface area contributed by atoms with E-state index in [4.69, 9.17) is 5.73 Å². The molecule has 2 rings (SSSR count). The van der Waals surface area contributed by atoms with Gasteiger partial charge in [0, 0.05) is 32.0 Å². The minimum Gasteiger partial charge on any atom is -0.370 e. The van der Waals surface area contributed by atoms with Crippen LogP contribution in [0.1, 0.15) is 25.5 Å². The van der Waals surface area contributed by atoms with Crippen molar-refractivity contribution in [1.29, 1.82) is 0 Å². The number of likely N-dealkylation sites (tertiary alicyclic amines) is 1. The van der Waals surface area contributed by atoms with Crippen molar-refractivity contribution in [2.24, 2.45) is 23.7 Å². The van der Waals surface area contributed by atoms with E-state index in [2.05, 4.69) is 27.4 Å². The molecule has 0 amide bonds. The summed E-state index contributed by atoms with van der Waals surface area (Å²) < 4.78 is 2.08. The first-order chi connectivity index (χ1) is 8.16. The summed E-state index contributed by atoms with van der Waals surface area (Å²) in [6.07, 6.45) is 4.48. The van der Waals surface area contributed by atoms with Gasteiger partial charge in [-0.2, -0.15) is 0 Å². The van der Waals surface area contributed by atoms with Crippen LogP contribution in [0.15, 0.2) is 23.3 Å². The first-order valence-corrected chi connectivity index (χ1v) is 6.32. The lowest BCUT2D eigenvalue weighted by atomic mass is 10.00. The van der Waals surface area contributed by atoms with E-state index in [1.165, 1.54) is 18.5 Å². The second kappa shape index (κ2) is 5.25. The quantitative estimate of drug-likeness (QED) is 0.623. The molecule has 1 aromatic heterocycles. The fraction of sp³-hybridized carbons (Fsp3) is 0.615. The maximum atomic E-state index is 6.03. The van der Waals surface area contributed by atoms with Crippen LogP contribution in [0.3, 0.4) is 0 Å². The van der Waals surface area contributed by atoms with Crippen LogP contribution in [0.4, 0.5) is 0 Å². The molecule has 17 heavy (non-hydrogen) atoms. The number of piperidine rings is 1. The van der Waals surface area contributed by atoms with Gasteiger partial charge < -0.3 is 15.2 Å². The number of nitrogens with two attached hydrogens (primary N) is 1. The molecule has 0 aromatic carbocycles. The molecular weight excluding hydrogens is 212 g/mol. The minimum atomic E-state index is 0.668. The van der Waals surface area contributed by atoms with Crippen molar-refractivity contribution in [3.05, 3.63) is 24.0 Å². The molecule has 0 spiro atoms. The summed E-state index contributed by atoms with van der Waals surface area (Å²) in [5.41, 5.74) is 7.22. The number of aromatic nitrogens is 1. The van der Waals surface area contributed by atoms with E-state index in [1.54, 1.807) is 0 Å². The van der Waals surface area contributed by atoms with E-state index in [-0.39, 0.29) is 0 Å². The summed E-state index contributed by atoms with van der Waals surface area (Å²) in [4.78, 5) is 6.67. The maximum Gasteiger partial charge on any atom is 0.191 e. The van der Waals surface area contributed by atoms with Crippen molar-refractivity contribution in [3.8, 4) is 0 Å². The Labute approximate surface area is 103 Å². The third kappa shape index (κ3) is 3.02. The Kier molecular flexibility index (Phi) is 3.71. The number of hydrogen-bond acceptors (Lipinski definition) is 1. The standard InChI is InChI=1S/C13H22N4/c1-11-5-8-17(9-6-11)13(14)15-10-12-4-3-7-16(12)2/h3-4,7,11H,5-6,8-10H2,1-2H3,(H2,14,15). The smallest absolute Gasteiger partial charge is 0.191 e. The molecule has 4 nitrogen and oxygen atoms in total. The highest BCUT2D eigenvalue weighted by Gasteiger charge is 2.16. The van der Waals surface area contributed by atoms with Gasteiger partial charge >= 0.3 is 0 Å². The highest BCUT2D eigenvalue weighted by Crippen LogP contribution is 2.15. The van der Waals surface area contributed by atoms with Crippen LogP contribution in [0.25, 0.3) is 0 Å². The van der Waals surface area contributed by atoms with Crippen LogP contribution in [-0.2, 0) is 13.6 Å². The highest BCUT2D eigenvalue weighted by molar-refractivity contribution is 5.78. The van der Waals surface area contributed by atoms with E-state index in [1.807, 2.05) is 19.3 Å². The molecule has 0 unspecified atom stereocenters. The number of aliphatic imine (C=N–C) groups is 1. The fourth-order valence-corrected chi connectivity index (χ4v) is 2.16. The Morgan fingerprint density at radius 2 is 2.18 bits per heavy atom. The number of aryl methyl sites for hydroxylation is 1. The fourth-order valence-electron chi connectivity index (χ4n) is 2.16. The van der Waals surface area contributed by atoms with Gasteiger partial charge in [0.2, 0.25) is 0 Å². The molecule has 1 aliphatic rings. The van der Waals surface area contributed by atoms with Gasteiger partial charge in [-0.05, 0) is 30.9 Å². The monoisotopic (exact) mass is 234 g/mol. The third-order valence-corrected chi connectivity index (χ3v) is 3.56. The lowest BCUT2D eigenvalue weighted by Gasteiger charge is -2.31. The van der Waals surface area contributed by atoms with E-state index >= 15 is 0 Å². The van der Waals surface area contributed by atoms with Gasteiger partial charge in [0.1, 0.15) is 0 Å². The summed E-state index contributed by atoms with van der Waals surface area (Å²) in [6.45, 7) is 5.06. The second-order valence-electron chi connectivity index (χ2n) is 4.95. The second-order valence-corrected chi connectivity index (χ2v) is 4.95. The molecular formula is C13H22N4. The lowest BCUT2D eigenvalue weighted by molar-refractivity contribution is 0.277. The largest absolute Gasteiger partial charge is 0.370 e. The molecule has 0 radical (unpaired) electrons. The number of hydrogen-bond donors (Lipinski definition) is 1. The number of rotatable bonds is 2. The van der Waals surface area contributed by atoms with Crippen LogP contribution in [0.2, 0.25) is 0 Å². The summed E-state index contributed by atoms with van der Waals surface area (Å²) >= 11 is 0. The number of nitrogens with zero attached hydrogens (tertiary/aromatic N) is 3. The lowest BCUT2D eigenvalue weighted by Crippen LogP contribution is -2.42. The Balaban J connectivity index is 1.91. The van der Waals surface area contributed by atoms with Crippen molar-refractivity contribution >= 4 is 5.96 Å². The van der Waals surface area contributed by atoms with Crippen molar-refractivity contribution in [2.75, 3.05) is 13.1 Å². The van der Waals surface area contributed by atoms with Crippen LogP contribution in [0.5, 0.6) is 0 Å². The Bertz CT molecular complexity index is 386. The molecule has 94 valence electrons. The minimum absolute atomic E-state index is 0.668. The molecule has 1 aromatic rings. The van der Waals surface area contributed by atoms with E-state index < -0.39 is 0 Å². The van der Waals surface area contributed by atoms with Gasteiger partial charge in [0.15, 0.2) is 5.96 Å². The van der Waals surface area contributed by atoms with Crippen LogP contribution in [0, 0.1) is 5.92 Å². The van der Waals surface area contributed by atoms with Gasteiger partial charge in [-0.25, -0.2) is 4.99 Å². The molecule has 1 fully saturated rings. The summed E-state index contributed by atoms with van der Waals surface area (Å²) in [7, 11) is 2.03. The molecule has 0 aliphatic carbocycles. The number of guanidine groups is 1. The van der Waals surface area contributed by atoms with Crippen molar-refractivity contribution in [1.82, 2.24) is 9.47 Å². The molecule has 1 aliphatic heterocycles. The Morgan fingerprint density at radius 1 is 1.47 bits per heavy atom. The molecule has 0 saturated carbocycles. The van der Waals surface area contributed by atoms with Gasteiger partial charge in [-0.3, -0.25) is 0 Å². The van der Waals surface area contributed by atoms with Crippen LogP contribution in [-0.4, -0.2) is 28.5 Å². The molecule has 4 heteroatoms. The average molecular weight is 234 g/mol. The molecule has 2 N–H and O–H groups in total. The maximum absolute atomic E-state index is 6.03. The summed E-state index contributed by atoms with van der Waals surface area (Å²) in [5, 5.41) is 0. The first-order valence-electron chi connectivity index (χ1n) is 6.32. The summed E-state index contributed by atoms with van der Waals surface area (Å²) in [5.74, 6) is 1.52. The highest BCUT2D eigenvalue weighted by atomic mass is 15.3. The van der Waals surface area contributed by atoms with Crippen LogP contribution < -0.4 is 5.73 Å². The van der Waals surface area contributed by atoms with Crippen molar-refractivity contribution in [2.45, 2.75) is 26.3 Å². The van der Waals surface area contributed by atoms with E-state index in [0.29, 0.717) is 12.5 Å². The zero-order valence-corrected chi connectivity index (χ0v) is 10.8.